The lowest BCUT2D eigenvalue weighted by Gasteiger charge is -2.34. The topological polar surface area (TPSA) is 82.5 Å². The highest BCUT2D eigenvalue weighted by Crippen LogP contribution is 2.27. The van der Waals surface area contributed by atoms with E-state index in [0.717, 1.165) is 19.3 Å². The van der Waals surface area contributed by atoms with Gasteiger partial charge >= 0.3 is 12.0 Å². The number of carbonyl (C=O) groups is 2. The van der Waals surface area contributed by atoms with E-state index in [1.807, 2.05) is 18.3 Å². The number of fused-ring (bicyclic) bond motifs is 1. The van der Waals surface area contributed by atoms with Crippen molar-refractivity contribution >= 4 is 23.3 Å². The van der Waals surface area contributed by atoms with Gasteiger partial charge in [0.25, 0.3) is 0 Å². The summed E-state index contributed by atoms with van der Waals surface area (Å²) in [5.41, 5.74) is 1.29. The average molecular weight is 365 g/mol. The van der Waals surface area contributed by atoms with Crippen LogP contribution in [0.15, 0.2) is 0 Å². The molecule has 3 rings (SSSR count). The number of likely N-dealkylation sites (tertiary alicyclic amines) is 1. The van der Waals surface area contributed by atoms with Crippen molar-refractivity contribution < 1.29 is 14.7 Å². The van der Waals surface area contributed by atoms with Gasteiger partial charge in [-0.1, -0.05) is 6.92 Å². The highest BCUT2D eigenvalue weighted by atomic mass is 32.1. The summed E-state index contributed by atoms with van der Waals surface area (Å²) in [5.74, 6) is -1.03. The standard InChI is InChI=1S/C18H27N3O3S/c1-12-9-13(17(22)23)11-21(10-12)18(24)19-8-4-7-16-20-14-5-2-3-6-15(14)25-16/h12-13H,2-11H2,1H3,(H,19,24)(H,22,23). The van der Waals surface area contributed by atoms with Crippen molar-refractivity contribution in [2.45, 2.75) is 51.9 Å². The average Bonchev–Trinajstić information content (AvgIpc) is 3.00. The lowest BCUT2D eigenvalue weighted by molar-refractivity contribution is -0.143. The molecule has 2 amide bonds. The van der Waals surface area contributed by atoms with Crippen LogP contribution in [0.25, 0.3) is 0 Å². The van der Waals surface area contributed by atoms with Crippen molar-refractivity contribution in [3.8, 4) is 0 Å². The largest absolute Gasteiger partial charge is 0.481 e. The van der Waals surface area contributed by atoms with Gasteiger partial charge in [-0.25, -0.2) is 9.78 Å². The molecule has 1 aromatic heterocycles. The maximum absolute atomic E-state index is 12.3. The van der Waals surface area contributed by atoms with Gasteiger partial charge in [0, 0.05) is 30.9 Å². The summed E-state index contributed by atoms with van der Waals surface area (Å²) in [6.45, 7) is 3.55. The van der Waals surface area contributed by atoms with Gasteiger partial charge in [-0.05, 0) is 44.4 Å². The highest BCUT2D eigenvalue weighted by Gasteiger charge is 2.31. The Morgan fingerprint density at radius 2 is 2.12 bits per heavy atom. The summed E-state index contributed by atoms with van der Waals surface area (Å²) in [6.07, 6.45) is 7.21. The van der Waals surface area contributed by atoms with Crippen molar-refractivity contribution in [3.05, 3.63) is 15.6 Å². The number of carbonyl (C=O) groups excluding carboxylic acids is 1. The summed E-state index contributed by atoms with van der Waals surface area (Å²) in [4.78, 5) is 31.3. The van der Waals surface area contributed by atoms with E-state index in [-0.39, 0.29) is 11.9 Å². The van der Waals surface area contributed by atoms with Gasteiger partial charge < -0.3 is 15.3 Å². The molecular weight excluding hydrogens is 338 g/mol. The molecule has 1 saturated heterocycles. The predicted octanol–water partition coefficient (Wildman–Crippen LogP) is 2.71. The highest BCUT2D eigenvalue weighted by molar-refractivity contribution is 7.11. The number of carboxylic acid groups (broad SMARTS) is 1. The van der Waals surface area contributed by atoms with Gasteiger partial charge in [0.2, 0.25) is 0 Å². The van der Waals surface area contributed by atoms with Crippen LogP contribution in [0.3, 0.4) is 0 Å². The fourth-order valence-corrected chi connectivity index (χ4v) is 4.95. The van der Waals surface area contributed by atoms with Gasteiger partial charge in [-0.15, -0.1) is 11.3 Å². The van der Waals surface area contributed by atoms with Crippen LogP contribution in [0.5, 0.6) is 0 Å². The van der Waals surface area contributed by atoms with Crippen LogP contribution in [0.1, 0.15) is 48.2 Å². The number of aromatic nitrogens is 1. The lowest BCUT2D eigenvalue weighted by Crippen LogP contribution is -2.49. The molecule has 2 atom stereocenters. The number of nitrogens with zero attached hydrogens (tertiary/aromatic N) is 2. The zero-order valence-electron chi connectivity index (χ0n) is 14.8. The maximum Gasteiger partial charge on any atom is 0.317 e. The molecule has 6 nitrogen and oxygen atoms in total. The summed E-state index contributed by atoms with van der Waals surface area (Å²) in [5, 5.41) is 13.3. The number of thiazole rings is 1. The number of nitrogens with one attached hydrogen (secondary N) is 1. The van der Waals surface area contributed by atoms with Crippen LogP contribution in [-0.2, 0) is 24.1 Å². The number of urea groups is 1. The molecule has 138 valence electrons. The molecule has 0 radical (unpaired) electrons. The second-order valence-electron chi connectivity index (χ2n) is 7.30. The Morgan fingerprint density at radius 3 is 2.88 bits per heavy atom. The maximum atomic E-state index is 12.3. The van der Waals surface area contributed by atoms with E-state index in [1.165, 1.54) is 34.8 Å². The minimum absolute atomic E-state index is 0.142. The molecule has 1 fully saturated rings. The third kappa shape index (κ3) is 4.71. The first-order chi connectivity index (χ1) is 12.0. The van der Waals surface area contributed by atoms with E-state index in [0.29, 0.717) is 26.1 Å². The molecule has 0 bridgehead atoms. The fraction of sp³-hybridized carbons (Fsp3) is 0.722. The van der Waals surface area contributed by atoms with Gasteiger partial charge in [0.15, 0.2) is 0 Å². The zero-order valence-corrected chi connectivity index (χ0v) is 15.6. The summed E-state index contributed by atoms with van der Waals surface area (Å²) >= 11 is 1.83. The monoisotopic (exact) mass is 365 g/mol. The van der Waals surface area contributed by atoms with Gasteiger partial charge in [-0.3, -0.25) is 4.79 Å². The molecule has 25 heavy (non-hydrogen) atoms. The van der Waals surface area contributed by atoms with E-state index >= 15 is 0 Å². The smallest absolute Gasteiger partial charge is 0.317 e. The quantitative estimate of drug-likeness (QED) is 0.786. The first kappa shape index (κ1) is 18.2. The predicted molar refractivity (Wildman–Crippen MR) is 97.0 cm³/mol. The first-order valence-corrected chi connectivity index (χ1v) is 10.1. The molecule has 0 aromatic carbocycles. The van der Waals surface area contributed by atoms with Crippen molar-refractivity contribution in [2.24, 2.45) is 11.8 Å². The minimum atomic E-state index is -0.808. The molecule has 7 heteroatoms. The number of aryl methyl sites for hydroxylation is 3. The van der Waals surface area contributed by atoms with Crippen LogP contribution in [0, 0.1) is 11.8 Å². The summed E-state index contributed by atoms with van der Waals surface area (Å²) in [7, 11) is 0. The molecule has 1 aliphatic carbocycles. The number of rotatable bonds is 5. The summed E-state index contributed by atoms with van der Waals surface area (Å²) < 4.78 is 0. The van der Waals surface area contributed by atoms with Gasteiger partial charge in [0.1, 0.15) is 0 Å². The molecule has 2 heterocycles. The molecule has 2 unspecified atom stereocenters. The Balaban J connectivity index is 1.41. The molecule has 0 saturated carbocycles. The molecule has 2 aliphatic rings. The van der Waals surface area contributed by atoms with E-state index in [4.69, 9.17) is 4.98 Å². The molecular formula is C18H27N3O3S. The number of piperidine rings is 1. The minimum Gasteiger partial charge on any atom is -0.481 e. The molecule has 2 N–H and O–H groups in total. The van der Waals surface area contributed by atoms with Crippen LogP contribution < -0.4 is 5.32 Å². The third-order valence-electron chi connectivity index (χ3n) is 5.03. The second-order valence-corrected chi connectivity index (χ2v) is 8.47. The van der Waals surface area contributed by atoms with Crippen molar-refractivity contribution in [1.82, 2.24) is 15.2 Å². The van der Waals surface area contributed by atoms with Crippen LogP contribution >= 0.6 is 11.3 Å². The van der Waals surface area contributed by atoms with Crippen molar-refractivity contribution in [2.75, 3.05) is 19.6 Å². The normalized spacial score (nSPS) is 23.2. The third-order valence-corrected chi connectivity index (χ3v) is 6.25. The Morgan fingerprint density at radius 1 is 1.32 bits per heavy atom. The SMILES string of the molecule is CC1CC(C(=O)O)CN(C(=O)NCCCc2nc3c(s2)CCCC3)C1. The van der Waals surface area contributed by atoms with Gasteiger partial charge in [-0.2, -0.15) is 0 Å². The zero-order chi connectivity index (χ0) is 17.8. The molecule has 0 spiro atoms. The number of hydrogen-bond acceptors (Lipinski definition) is 4. The van der Waals surface area contributed by atoms with E-state index in [2.05, 4.69) is 5.32 Å². The molecule has 1 aromatic rings. The van der Waals surface area contributed by atoms with Gasteiger partial charge in [0.05, 0.1) is 16.6 Å². The number of amides is 2. The Bertz CT molecular complexity index is 608. The van der Waals surface area contributed by atoms with Crippen LogP contribution in [0.4, 0.5) is 4.79 Å². The Hall–Kier alpha value is -1.63. The first-order valence-electron chi connectivity index (χ1n) is 9.26. The summed E-state index contributed by atoms with van der Waals surface area (Å²) in [6, 6.07) is -0.142. The van der Waals surface area contributed by atoms with E-state index in [1.54, 1.807) is 4.90 Å². The van der Waals surface area contributed by atoms with E-state index < -0.39 is 11.9 Å². The number of carboxylic acids is 1. The fourth-order valence-electron chi connectivity index (χ4n) is 3.76. The van der Waals surface area contributed by atoms with E-state index in [9.17, 15) is 14.7 Å². The van der Waals surface area contributed by atoms with Crippen molar-refractivity contribution in [1.29, 1.82) is 0 Å². The van der Waals surface area contributed by atoms with Crippen LogP contribution in [-0.4, -0.2) is 46.6 Å². The Labute approximate surface area is 152 Å². The van der Waals surface area contributed by atoms with Crippen molar-refractivity contribution in [3.63, 3.8) is 0 Å². The van der Waals surface area contributed by atoms with Crippen LogP contribution in [0.2, 0.25) is 0 Å². The molecule has 1 aliphatic heterocycles. The Kier molecular flexibility index (Phi) is 5.93. The second kappa shape index (κ2) is 8.17. The number of hydrogen-bond donors (Lipinski definition) is 2. The number of aliphatic carboxylic acids is 1. The lowest BCUT2D eigenvalue weighted by atomic mass is 9.91.